The van der Waals surface area contributed by atoms with E-state index in [1.54, 1.807) is 24.3 Å². The summed E-state index contributed by atoms with van der Waals surface area (Å²) in [6, 6.07) is 14.5. The second-order valence-electron chi connectivity index (χ2n) is 6.62. The van der Waals surface area contributed by atoms with Gasteiger partial charge in [-0.1, -0.05) is 42.8 Å². The molecular weight excluding hydrogens is 398 g/mol. The summed E-state index contributed by atoms with van der Waals surface area (Å²) in [5.74, 6) is 0.257. The van der Waals surface area contributed by atoms with Crippen molar-refractivity contribution in [3.05, 3.63) is 60.2 Å². The van der Waals surface area contributed by atoms with Gasteiger partial charge in [-0.15, -0.1) is 0 Å². The Hall–Kier alpha value is -2.39. The van der Waals surface area contributed by atoms with Crippen molar-refractivity contribution in [1.82, 2.24) is 4.72 Å². The van der Waals surface area contributed by atoms with Crippen LogP contribution in [-0.4, -0.2) is 29.2 Å². The van der Waals surface area contributed by atoms with Gasteiger partial charge in [0.1, 0.15) is 5.84 Å². The topological polar surface area (TPSA) is 105 Å². The highest BCUT2D eigenvalue weighted by Gasteiger charge is 2.19. The molecule has 0 unspecified atom stereocenters. The summed E-state index contributed by atoms with van der Waals surface area (Å²) in [4.78, 5) is 4.26. The number of rotatable bonds is 6. The molecule has 1 aliphatic heterocycles. The number of nitrogens with zero attached hydrogens (tertiary/aromatic N) is 1. The first kappa shape index (κ1) is 20.3. The fraction of sp³-hybridized carbons (Fsp3) is 0.316. The van der Waals surface area contributed by atoms with Crippen LogP contribution in [0.4, 0.5) is 5.69 Å². The molecule has 7 nitrogen and oxygen atoms in total. The monoisotopic (exact) mass is 421 g/mol. The van der Waals surface area contributed by atoms with Gasteiger partial charge in [-0.3, -0.25) is 14.4 Å². The number of hydrogen-bond donors (Lipinski definition) is 2. The minimum Gasteiger partial charge on any atom is -0.283 e. The second kappa shape index (κ2) is 8.74. The minimum absolute atomic E-state index is 0.0145. The van der Waals surface area contributed by atoms with E-state index in [-0.39, 0.29) is 16.3 Å². The zero-order valence-electron chi connectivity index (χ0n) is 15.3. The third-order valence-electron chi connectivity index (χ3n) is 4.24. The molecule has 0 bridgehead atoms. The van der Waals surface area contributed by atoms with Crippen LogP contribution in [0, 0.1) is 0 Å². The van der Waals surface area contributed by atoms with Gasteiger partial charge in [0.15, 0.2) is 0 Å². The molecule has 2 aromatic rings. The maximum absolute atomic E-state index is 12.7. The minimum atomic E-state index is -3.83. The van der Waals surface area contributed by atoms with E-state index in [0.717, 1.165) is 19.3 Å². The maximum Gasteiger partial charge on any atom is 0.262 e. The van der Waals surface area contributed by atoms with Gasteiger partial charge in [0, 0.05) is 18.7 Å². The molecule has 0 saturated heterocycles. The molecule has 0 radical (unpaired) electrons. The summed E-state index contributed by atoms with van der Waals surface area (Å²) in [6.45, 7) is 0.608. The second-order valence-corrected chi connectivity index (χ2v) is 10.0. The quantitative estimate of drug-likeness (QED) is 0.748. The maximum atomic E-state index is 12.7. The van der Waals surface area contributed by atoms with Crippen molar-refractivity contribution in [1.29, 1.82) is 0 Å². The number of sulfonamides is 2. The van der Waals surface area contributed by atoms with Crippen molar-refractivity contribution in [3.63, 3.8) is 0 Å². The molecule has 0 amide bonds. The van der Waals surface area contributed by atoms with Gasteiger partial charge in [0.25, 0.3) is 10.0 Å². The molecule has 28 heavy (non-hydrogen) atoms. The van der Waals surface area contributed by atoms with Crippen molar-refractivity contribution in [2.75, 3.05) is 11.3 Å². The summed E-state index contributed by atoms with van der Waals surface area (Å²) < 4.78 is 55.1. The molecule has 0 saturated carbocycles. The number of hydrogen-bond acceptors (Lipinski definition) is 5. The number of benzene rings is 2. The molecule has 0 atom stereocenters. The highest BCUT2D eigenvalue weighted by atomic mass is 32.2. The summed E-state index contributed by atoms with van der Waals surface area (Å²) in [5, 5.41) is 0. The summed E-state index contributed by atoms with van der Waals surface area (Å²) in [5.41, 5.74) is 0.841. The van der Waals surface area contributed by atoms with Crippen molar-refractivity contribution in [2.45, 2.75) is 36.3 Å². The summed E-state index contributed by atoms with van der Waals surface area (Å²) in [7, 11) is -7.50. The lowest BCUT2D eigenvalue weighted by Gasteiger charge is -2.12. The van der Waals surface area contributed by atoms with E-state index in [9.17, 15) is 16.8 Å². The third kappa shape index (κ3) is 5.80. The Morgan fingerprint density at radius 2 is 1.64 bits per heavy atom. The molecule has 2 N–H and O–H groups in total. The first-order chi connectivity index (χ1) is 13.3. The van der Waals surface area contributed by atoms with Crippen LogP contribution in [0.1, 0.15) is 31.2 Å². The van der Waals surface area contributed by atoms with Crippen LogP contribution in [0.15, 0.2) is 64.5 Å². The smallest absolute Gasteiger partial charge is 0.262 e. The Morgan fingerprint density at radius 3 is 2.43 bits per heavy atom. The van der Waals surface area contributed by atoms with Crippen molar-refractivity contribution in [3.8, 4) is 0 Å². The van der Waals surface area contributed by atoms with E-state index in [2.05, 4.69) is 14.4 Å². The fourth-order valence-electron chi connectivity index (χ4n) is 2.91. The molecular formula is C19H23N3O4S2. The van der Waals surface area contributed by atoms with Crippen LogP contribution < -0.4 is 9.44 Å². The largest absolute Gasteiger partial charge is 0.283 e. The van der Waals surface area contributed by atoms with E-state index in [1.807, 2.05) is 6.07 Å². The predicted molar refractivity (Wildman–Crippen MR) is 110 cm³/mol. The Kier molecular flexibility index (Phi) is 6.35. The number of anilines is 1. The lowest BCUT2D eigenvalue weighted by molar-refractivity contribution is 0.591. The number of aliphatic imine (C=N–C) groups is 1. The fourth-order valence-corrected chi connectivity index (χ4v) is 5.23. The first-order valence-corrected chi connectivity index (χ1v) is 12.2. The van der Waals surface area contributed by atoms with Gasteiger partial charge < -0.3 is 0 Å². The SMILES string of the molecule is O=S(=O)(Cc1ccccc1)Nc1cccc(S(=O)(=O)NC2=NCCCCC2)c1. The van der Waals surface area contributed by atoms with Crippen LogP contribution in [0.3, 0.4) is 0 Å². The molecule has 9 heteroatoms. The van der Waals surface area contributed by atoms with Crippen molar-refractivity contribution < 1.29 is 16.8 Å². The molecule has 0 aliphatic carbocycles. The molecule has 150 valence electrons. The Balaban J connectivity index is 1.75. The molecule has 0 fully saturated rings. The van der Waals surface area contributed by atoms with Crippen LogP contribution in [0.5, 0.6) is 0 Å². The van der Waals surface area contributed by atoms with E-state index in [0.29, 0.717) is 24.4 Å². The predicted octanol–water partition coefficient (Wildman–Crippen LogP) is 2.88. The van der Waals surface area contributed by atoms with E-state index in [1.165, 1.54) is 24.3 Å². The van der Waals surface area contributed by atoms with Crippen LogP contribution >= 0.6 is 0 Å². The van der Waals surface area contributed by atoms with Gasteiger partial charge in [-0.25, -0.2) is 16.8 Å². The standard InChI is InChI=1S/C19H23N3O4S2/c23-27(24,15-16-8-3-1-4-9-16)21-17-10-7-11-18(14-17)28(25,26)22-19-12-5-2-6-13-20-19/h1,3-4,7-11,14,21H,2,5-6,12-13,15H2,(H,20,22). The normalized spacial score (nSPS) is 15.4. The third-order valence-corrected chi connectivity index (χ3v) is 6.88. The molecule has 0 aromatic heterocycles. The Labute approximate surface area is 166 Å². The van der Waals surface area contributed by atoms with Gasteiger partial charge in [0.05, 0.1) is 10.6 Å². The lowest BCUT2D eigenvalue weighted by Crippen LogP contribution is -2.30. The average molecular weight is 422 g/mol. The number of amidine groups is 1. The van der Waals surface area contributed by atoms with E-state index in [4.69, 9.17) is 0 Å². The molecule has 1 heterocycles. The molecule has 1 aliphatic rings. The van der Waals surface area contributed by atoms with Gasteiger partial charge in [-0.2, -0.15) is 0 Å². The van der Waals surface area contributed by atoms with E-state index < -0.39 is 20.0 Å². The van der Waals surface area contributed by atoms with Crippen LogP contribution in [-0.2, 0) is 25.8 Å². The van der Waals surface area contributed by atoms with Gasteiger partial charge in [0.2, 0.25) is 10.0 Å². The van der Waals surface area contributed by atoms with Crippen LogP contribution in [0.25, 0.3) is 0 Å². The molecule has 2 aromatic carbocycles. The molecule has 0 spiro atoms. The zero-order chi connectivity index (χ0) is 20.0. The van der Waals surface area contributed by atoms with Crippen molar-refractivity contribution >= 4 is 31.6 Å². The number of nitrogens with one attached hydrogen (secondary N) is 2. The summed E-state index contributed by atoms with van der Waals surface area (Å²) >= 11 is 0. The van der Waals surface area contributed by atoms with Crippen molar-refractivity contribution in [2.24, 2.45) is 4.99 Å². The Bertz CT molecular complexity index is 1050. The first-order valence-electron chi connectivity index (χ1n) is 9.05. The van der Waals surface area contributed by atoms with Gasteiger partial charge in [-0.05, 0) is 36.6 Å². The highest BCUT2D eigenvalue weighted by Crippen LogP contribution is 2.18. The van der Waals surface area contributed by atoms with E-state index >= 15 is 0 Å². The zero-order valence-corrected chi connectivity index (χ0v) is 17.0. The summed E-state index contributed by atoms with van der Waals surface area (Å²) in [6.07, 6.45) is 3.45. The highest BCUT2D eigenvalue weighted by molar-refractivity contribution is 7.92. The lowest BCUT2D eigenvalue weighted by atomic mass is 10.2. The Morgan fingerprint density at radius 1 is 0.857 bits per heavy atom. The van der Waals surface area contributed by atoms with Crippen LogP contribution in [0.2, 0.25) is 0 Å². The average Bonchev–Trinajstić information content (AvgIpc) is 2.90. The van der Waals surface area contributed by atoms with Gasteiger partial charge >= 0.3 is 0 Å². The molecule has 3 rings (SSSR count).